The van der Waals surface area contributed by atoms with Crippen LogP contribution in [0.3, 0.4) is 0 Å². The van der Waals surface area contributed by atoms with Crippen LogP contribution in [0.4, 0.5) is 0 Å². The second-order valence-corrected chi connectivity index (χ2v) is 4.74. The number of thiazole rings is 1. The van der Waals surface area contributed by atoms with Crippen LogP contribution in [-0.4, -0.2) is 18.2 Å². The van der Waals surface area contributed by atoms with Gasteiger partial charge in [0.15, 0.2) is 11.5 Å². The van der Waals surface area contributed by atoms with E-state index in [9.17, 15) is 0 Å². The van der Waals surface area contributed by atoms with Crippen molar-refractivity contribution >= 4 is 11.3 Å². The summed E-state index contributed by atoms with van der Waals surface area (Å²) in [6.07, 6.45) is 0. The third-order valence-electron chi connectivity index (χ3n) is 2.60. The number of rotatable bonds is 3. The lowest BCUT2D eigenvalue weighted by Crippen LogP contribution is -2.15. The van der Waals surface area contributed by atoms with Crippen LogP contribution in [0.5, 0.6) is 11.5 Å². The molecule has 1 aliphatic heterocycles. The van der Waals surface area contributed by atoms with Crippen LogP contribution < -0.4 is 15.4 Å². The zero-order valence-electron chi connectivity index (χ0n) is 9.59. The molecule has 1 aromatic heterocycles. The van der Waals surface area contributed by atoms with Gasteiger partial charge in [0.25, 0.3) is 0 Å². The van der Waals surface area contributed by atoms with Gasteiger partial charge in [-0.15, -0.1) is 11.3 Å². The largest absolute Gasteiger partial charge is 0.486 e. The fourth-order valence-corrected chi connectivity index (χ4v) is 2.51. The summed E-state index contributed by atoms with van der Waals surface area (Å²) >= 11 is 1.52. The summed E-state index contributed by atoms with van der Waals surface area (Å²) in [7, 11) is 0. The molecule has 1 aliphatic rings. The van der Waals surface area contributed by atoms with Crippen molar-refractivity contribution in [1.82, 2.24) is 4.98 Å². The average molecular weight is 264 g/mol. The summed E-state index contributed by atoms with van der Waals surface area (Å²) in [6.45, 7) is 1.51. The maximum absolute atomic E-state index is 5.55. The first-order chi connectivity index (χ1) is 8.86. The lowest BCUT2D eigenvalue weighted by molar-refractivity contribution is 0.124. The first kappa shape index (κ1) is 11.5. The molecular weight excluding hydrogens is 252 g/mol. The molecule has 0 aliphatic carbocycles. The van der Waals surface area contributed by atoms with Crippen molar-refractivity contribution in [2.75, 3.05) is 13.2 Å². The maximum atomic E-state index is 5.55. The molecular formula is C12H12N2O3S. The predicted molar refractivity (Wildman–Crippen MR) is 67.5 cm³/mol. The molecule has 0 atom stereocenters. The molecule has 0 bridgehead atoms. The van der Waals surface area contributed by atoms with Crippen LogP contribution in [-0.2, 0) is 11.4 Å². The number of hydrogen-bond acceptors (Lipinski definition) is 6. The monoisotopic (exact) mass is 264 g/mol. The highest BCUT2D eigenvalue weighted by molar-refractivity contribution is 7.09. The number of nitrogens with two attached hydrogens (primary N) is 1. The Hall–Kier alpha value is -1.63. The zero-order chi connectivity index (χ0) is 12.4. The van der Waals surface area contributed by atoms with Crippen LogP contribution in [0.15, 0.2) is 23.6 Å². The molecule has 1 aromatic carbocycles. The van der Waals surface area contributed by atoms with Crippen molar-refractivity contribution in [3.05, 3.63) is 28.6 Å². The molecule has 0 saturated heterocycles. The van der Waals surface area contributed by atoms with E-state index in [0.29, 0.717) is 19.8 Å². The van der Waals surface area contributed by atoms with Crippen LogP contribution in [0.2, 0.25) is 0 Å². The molecule has 0 fully saturated rings. The van der Waals surface area contributed by atoms with Gasteiger partial charge in [0, 0.05) is 10.9 Å². The molecule has 5 nitrogen and oxygen atoms in total. The number of hydrogen-bond donors (Lipinski definition) is 1. The van der Waals surface area contributed by atoms with Crippen molar-refractivity contribution in [3.63, 3.8) is 0 Å². The van der Waals surface area contributed by atoms with E-state index < -0.39 is 0 Å². The minimum Gasteiger partial charge on any atom is -0.486 e. The Morgan fingerprint density at radius 2 is 2.11 bits per heavy atom. The van der Waals surface area contributed by atoms with Crippen LogP contribution in [0.1, 0.15) is 5.01 Å². The van der Waals surface area contributed by atoms with E-state index in [-0.39, 0.29) is 0 Å². The Bertz CT molecular complexity index is 556. The first-order valence-electron chi connectivity index (χ1n) is 5.53. The van der Waals surface area contributed by atoms with E-state index in [1.54, 1.807) is 0 Å². The van der Waals surface area contributed by atoms with E-state index in [0.717, 1.165) is 27.8 Å². The highest BCUT2D eigenvalue weighted by Crippen LogP contribution is 2.34. The van der Waals surface area contributed by atoms with E-state index in [1.807, 2.05) is 23.6 Å². The van der Waals surface area contributed by atoms with Gasteiger partial charge in [-0.05, 0) is 18.2 Å². The normalized spacial score (nSPS) is 13.6. The third-order valence-corrected chi connectivity index (χ3v) is 3.42. The highest BCUT2D eigenvalue weighted by Gasteiger charge is 2.13. The third kappa shape index (κ3) is 2.17. The molecule has 94 valence electrons. The standard InChI is InChI=1S/C12H12N2O3S/c13-17-6-12-14-9(7-18-12)8-1-2-10-11(5-8)16-4-3-15-10/h1-2,5,7H,3-4,6,13H2. The van der Waals surface area contributed by atoms with Crippen molar-refractivity contribution < 1.29 is 14.3 Å². The molecule has 18 heavy (non-hydrogen) atoms. The van der Waals surface area contributed by atoms with Gasteiger partial charge in [0.2, 0.25) is 0 Å². The van der Waals surface area contributed by atoms with E-state index in [4.69, 9.17) is 15.4 Å². The average Bonchev–Trinajstić information content (AvgIpc) is 2.87. The molecule has 3 rings (SSSR count). The smallest absolute Gasteiger partial charge is 0.162 e. The number of benzene rings is 1. The molecule has 2 aromatic rings. The number of fused-ring (bicyclic) bond motifs is 1. The molecule has 2 heterocycles. The van der Waals surface area contributed by atoms with Crippen LogP contribution in [0.25, 0.3) is 11.3 Å². The summed E-state index contributed by atoms with van der Waals surface area (Å²) < 4.78 is 11.0. The number of ether oxygens (including phenoxy) is 2. The molecule has 0 unspecified atom stereocenters. The number of aromatic nitrogens is 1. The summed E-state index contributed by atoms with van der Waals surface area (Å²) in [5.74, 6) is 6.58. The molecule has 0 radical (unpaired) electrons. The van der Waals surface area contributed by atoms with E-state index in [2.05, 4.69) is 9.82 Å². The van der Waals surface area contributed by atoms with Crippen molar-refractivity contribution in [2.45, 2.75) is 6.61 Å². The Kier molecular flexibility index (Phi) is 3.14. The topological polar surface area (TPSA) is 66.6 Å². The Balaban J connectivity index is 1.91. The van der Waals surface area contributed by atoms with Gasteiger partial charge in [-0.3, -0.25) is 4.84 Å². The van der Waals surface area contributed by atoms with Gasteiger partial charge in [-0.1, -0.05) is 0 Å². The molecule has 0 spiro atoms. The summed E-state index contributed by atoms with van der Waals surface area (Å²) in [5, 5.41) is 2.82. The minimum atomic E-state index is 0.329. The highest BCUT2D eigenvalue weighted by atomic mass is 32.1. The van der Waals surface area contributed by atoms with Gasteiger partial charge in [-0.25, -0.2) is 10.9 Å². The Morgan fingerprint density at radius 3 is 2.94 bits per heavy atom. The van der Waals surface area contributed by atoms with Gasteiger partial charge in [0.1, 0.15) is 24.8 Å². The van der Waals surface area contributed by atoms with E-state index >= 15 is 0 Å². The van der Waals surface area contributed by atoms with E-state index in [1.165, 1.54) is 11.3 Å². The van der Waals surface area contributed by atoms with Crippen molar-refractivity contribution in [3.8, 4) is 22.8 Å². The number of nitrogens with zero attached hydrogens (tertiary/aromatic N) is 1. The van der Waals surface area contributed by atoms with Crippen LogP contribution in [0, 0.1) is 0 Å². The van der Waals surface area contributed by atoms with Gasteiger partial charge in [-0.2, -0.15) is 0 Å². The van der Waals surface area contributed by atoms with Crippen LogP contribution >= 0.6 is 11.3 Å². The van der Waals surface area contributed by atoms with Gasteiger partial charge < -0.3 is 9.47 Å². The fraction of sp³-hybridized carbons (Fsp3) is 0.250. The van der Waals surface area contributed by atoms with Crippen molar-refractivity contribution in [2.24, 2.45) is 5.90 Å². The molecule has 2 N–H and O–H groups in total. The SMILES string of the molecule is NOCc1nc(-c2ccc3c(c2)OCCO3)cs1. The summed E-state index contributed by atoms with van der Waals surface area (Å²) in [6, 6.07) is 5.81. The first-order valence-corrected chi connectivity index (χ1v) is 6.41. The second-order valence-electron chi connectivity index (χ2n) is 3.80. The molecule has 0 amide bonds. The maximum Gasteiger partial charge on any atom is 0.162 e. The Labute approximate surface area is 108 Å². The molecule has 6 heteroatoms. The zero-order valence-corrected chi connectivity index (χ0v) is 10.4. The summed E-state index contributed by atoms with van der Waals surface area (Å²) in [4.78, 5) is 9.01. The van der Waals surface area contributed by atoms with Gasteiger partial charge >= 0.3 is 0 Å². The lowest BCUT2D eigenvalue weighted by atomic mass is 10.1. The Morgan fingerprint density at radius 1 is 1.28 bits per heavy atom. The second kappa shape index (κ2) is 4.93. The summed E-state index contributed by atoms with van der Waals surface area (Å²) in [5.41, 5.74) is 1.89. The lowest BCUT2D eigenvalue weighted by Gasteiger charge is -2.18. The predicted octanol–water partition coefficient (Wildman–Crippen LogP) is 1.97. The van der Waals surface area contributed by atoms with Crippen molar-refractivity contribution in [1.29, 1.82) is 0 Å². The quantitative estimate of drug-likeness (QED) is 0.858. The van der Waals surface area contributed by atoms with Gasteiger partial charge in [0.05, 0.1) is 5.69 Å². The minimum absolute atomic E-state index is 0.329. The molecule has 0 saturated carbocycles. The fourth-order valence-electron chi connectivity index (χ4n) is 1.78.